The second kappa shape index (κ2) is 6.46. The normalized spacial score (nSPS) is 12.4. The zero-order valence-electron chi connectivity index (χ0n) is 11.4. The molecule has 2 rings (SSSR count). The Hall–Kier alpha value is -1.26. The number of likely N-dealkylation sites (N-methyl/N-ethyl adjacent to an activating group) is 1. The van der Waals surface area contributed by atoms with Gasteiger partial charge in [0, 0.05) is 6.04 Å². The van der Waals surface area contributed by atoms with Gasteiger partial charge in [-0.1, -0.05) is 35.9 Å². The molecule has 0 radical (unpaired) electrons. The molecular weight excluding hydrogens is 324 g/mol. The van der Waals surface area contributed by atoms with Gasteiger partial charge in [-0.25, -0.2) is 8.78 Å². The molecule has 0 bridgehead atoms. The maximum atomic E-state index is 13.6. The van der Waals surface area contributed by atoms with Crippen LogP contribution in [0.5, 0.6) is 0 Å². The second-order valence-electron chi connectivity index (χ2n) is 4.80. The van der Waals surface area contributed by atoms with Crippen molar-refractivity contribution >= 4 is 15.9 Å². The molecule has 0 heterocycles. The van der Waals surface area contributed by atoms with Gasteiger partial charge in [0.15, 0.2) is 11.6 Å². The van der Waals surface area contributed by atoms with E-state index in [1.54, 1.807) is 6.07 Å². The molecule has 0 spiro atoms. The maximum absolute atomic E-state index is 13.6. The number of nitrogens with one attached hydrogen (secondary N) is 1. The smallest absolute Gasteiger partial charge is 0.173 e. The number of rotatable bonds is 4. The summed E-state index contributed by atoms with van der Waals surface area (Å²) in [6.07, 6.45) is 0.710. The van der Waals surface area contributed by atoms with Crippen molar-refractivity contribution in [2.45, 2.75) is 19.4 Å². The van der Waals surface area contributed by atoms with Gasteiger partial charge in [0.1, 0.15) is 0 Å². The van der Waals surface area contributed by atoms with Gasteiger partial charge < -0.3 is 5.32 Å². The van der Waals surface area contributed by atoms with E-state index < -0.39 is 11.6 Å². The van der Waals surface area contributed by atoms with Crippen LogP contribution in [0.25, 0.3) is 0 Å². The molecule has 1 unspecified atom stereocenters. The van der Waals surface area contributed by atoms with E-state index in [1.165, 1.54) is 5.56 Å². The first-order chi connectivity index (χ1) is 9.52. The number of hydrogen-bond acceptors (Lipinski definition) is 1. The number of aryl methyl sites for hydroxylation is 1. The average Bonchev–Trinajstić information content (AvgIpc) is 2.43. The van der Waals surface area contributed by atoms with Crippen LogP contribution < -0.4 is 5.32 Å². The predicted octanol–water partition coefficient (Wildman–Crippen LogP) is 4.54. The van der Waals surface area contributed by atoms with E-state index >= 15 is 0 Å². The number of halogens is 3. The lowest BCUT2D eigenvalue weighted by Gasteiger charge is -2.19. The summed E-state index contributed by atoms with van der Waals surface area (Å²) in [5, 5.41) is 3.15. The fourth-order valence-electron chi connectivity index (χ4n) is 2.25. The van der Waals surface area contributed by atoms with Crippen LogP contribution in [0.2, 0.25) is 0 Å². The van der Waals surface area contributed by atoms with Crippen molar-refractivity contribution in [3.8, 4) is 0 Å². The van der Waals surface area contributed by atoms with Crippen LogP contribution in [-0.2, 0) is 6.42 Å². The molecule has 0 aliphatic heterocycles. The summed E-state index contributed by atoms with van der Waals surface area (Å²) in [5.41, 5.74) is 3.05. The molecule has 20 heavy (non-hydrogen) atoms. The monoisotopic (exact) mass is 339 g/mol. The van der Waals surface area contributed by atoms with Gasteiger partial charge in [-0.15, -0.1) is 0 Å². The van der Waals surface area contributed by atoms with E-state index in [0.29, 0.717) is 12.0 Å². The third kappa shape index (κ3) is 3.25. The standard InChI is InChI=1S/C16H16BrF2N/c1-10-4-3-5-11(8-10)9-14(20-2)12-6-7-13(18)16(19)15(12)17/h3-8,14,20H,9H2,1-2H3. The fourth-order valence-corrected chi connectivity index (χ4v) is 2.85. The molecule has 106 valence electrons. The Morgan fingerprint density at radius 3 is 2.60 bits per heavy atom. The summed E-state index contributed by atoms with van der Waals surface area (Å²) >= 11 is 3.15. The van der Waals surface area contributed by atoms with E-state index in [2.05, 4.69) is 27.3 Å². The van der Waals surface area contributed by atoms with Crippen LogP contribution >= 0.6 is 15.9 Å². The van der Waals surface area contributed by atoms with Crippen molar-refractivity contribution in [2.24, 2.45) is 0 Å². The minimum atomic E-state index is -0.842. The van der Waals surface area contributed by atoms with Gasteiger partial charge in [0.2, 0.25) is 0 Å². The van der Waals surface area contributed by atoms with Crippen LogP contribution in [-0.4, -0.2) is 7.05 Å². The summed E-state index contributed by atoms with van der Waals surface area (Å²) in [7, 11) is 1.81. The Kier molecular flexibility index (Phi) is 4.89. The first-order valence-electron chi connectivity index (χ1n) is 6.39. The van der Waals surface area contributed by atoms with E-state index in [4.69, 9.17) is 0 Å². The highest BCUT2D eigenvalue weighted by Crippen LogP contribution is 2.29. The Labute approximate surface area is 126 Å². The molecule has 4 heteroatoms. The summed E-state index contributed by atoms with van der Waals surface area (Å²) < 4.78 is 27.0. The fraction of sp³-hybridized carbons (Fsp3) is 0.250. The van der Waals surface area contributed by atoms with Gasteiger partial charge in [-0.3, -0.25) is 0 Å². The van der Waals surface area contributed by atoms with Crippen molar-refractivity contribution in [1.82, 2.24) is 5.32 Å². The molecular formula is C16H16BrF2N. The largest absolute Gasteiger partial charge is 0.313 e. The Morgan fingerprint density at radius 2 is 1.95 bits per heavy atom. The van der Waals surface area contributed by atoms with Crippen molar-refractivity contribution in [1.29, 1.82) is 0 Å². The minimum absolute atomic E-state index is 0.0822. The lowest BCUT2D eigenvalue weighted by molar-refractivity contribution is 0.495. The van der Waals surface area contributed by atoms with Gasteiger partial charge in [-0.05, 0) is 53.5 Å². The van der Waals surface area contributed by atoms with Crippen LogP contribution in [0.1, 0.15) is 22.7 Å². The molecule has 0 amide bonds. The highest BCUT2D eigenvalue weighted by atomic mass is 79.9. The molecule has 0 fully saturated rings. The zero-order chi connectivity index (χ0) is 14.7. The van der Waals surface area contributed by atoms with Crippen molar-refractivity contribution in [2.75, 3.05) is 7.05 Å². The third-order valence-corrected chi connectivity index (χ3v) is 4.12. The maximum Gasteiger partial charge on any atom is 0.173 e. The number of benzene rings is 2. The third-order valence-electron chi connectivity index (χ3n) is 3.31. The molecule has 1 N–H and O–H groups in total. The van der Waals surface area contributed by atoms with Gasteiger partial charge in [-0.2, -0.15) is 0 Å². The highest BCUT2D eigenvalue weighted by Gasteiger charge is 2.18. The quantitative estimate of drug-likeness (QED) is 0.806. The van der Waals surface area contributed by atoms with Crippen molar-refractivity contribution in [3.63, 3.8) is 0 Å². The molecule has 0 aliphatic rings. The first-order valence-corrected chi connectivity index (χ1v) is 7.18. The molecule has 1 nitrogen and oxygen atoms in total. The summed E-state index contributed by atoms with van der Waals surface area (Å²) in [4.78, 5) is 0. The second-order valence-corrected chi connectivity index (χ2v) is 5.59. The lowest BCUT2D eigenvalue weighted by Crippen LogP contribution is -2.20. The average molecular weight is 340 g/mol. The predicted molar refractivity (Wildman–Crippen MR) is 80.7 cm³/mol. The molecule has 0 saturated heterocycles. The highest BCUT2D eigenvalue weighted by molar-refractivity contribution is 9.10. The van der Waals surface area contributed by atoms with Crippen LogP contribution in [0.4, 0.5) is 8.78 Å². The molecule has 0 aliphatic carbocycles. The van der Waals surface area contributed by atoms with Crippen LogP contribution in [0, 0.1) is 18.6 Å². The summed E-state index contributed by atoms with van der Waals surface area (Å²) in [5.74, 6) is -1.68. The van der Waals surface area contributed by atoms with Gasteiger partial charge in [0.05, 0.1) is 4.47 Å². The Balaban J connectivity index is 2.31. The molecule has 2 aromatic rings. The van der Waals surface area contributed by atoms with E-state index in [1.807, 2.05) is 32.2 Å². The Bertz CT molecular complexity index is 613. The number of hydrogen-bond donors (Lipinski definition) is 1. The molecule has 0 aromatic heterocycles. The van der Waals surface area contributed by atoms with Gasteiger partial charge >= 0.3 is 0 Å². The first kappa shape index (κ1) is 15.1. The van der Waals surface area contributed by atoms with Gasteiger partial charge in [0.25, 0.3) is 0 Å². The van der Waals surface area contributed by atoms with Crippen molar-refractivity contribution < 1.29 is 8.78 Å². The summed E-state index contributed by atoms with van der Waals surface area (Å²) in [6, 6.07) is 10.9. The van der Waals surface area contributed by atoms with Crippen LogP contribution in [0.15, 0.2) is 40.9 Å². The minimum Gasteiger partial charge on any atom is -0.313 e. The Morgan fingerprint density at radius 1 is 1.20 bits per heavy atom. The molecule has 0 saturated carbocycles. The zero-order valence-corrected chi connectivity index (χ0v) is 13.0. The van der Waals surface area contributed by atoms with Crippen molar-refractivity contribution in [3.05, 3.63) is 69.2 Å². The van der Waals surface area contributed by atoms with E-state index in [-0.39, 0.29) is 10.5 Å². The van der Waals surface area contributed by atoms with E-state index in [0.717, 1.165) is 11.6 Å². The van der Waals surface area contributed by atoms with Crippen LogP contribution in [0.3, 0.4) is 0 Å². The summed E-state index contributed by atoms with van der Waals surface area (Å²) in [6.45, 7) is 2.03. The SMILES string of the molecule is CNC(Cc1cccc(C)c1)c1ccc(F)c(F)c1Br. The lowest BCUT2D eigenvalue weighted by atomic mass is 9.98. The molecule has 1 atom stereocenters. The molecule has 2 aromatic carbocycles. The van der Waals surface area contributed by atoms with E-state index in [9.17, 15) is 8.78 Å². The topological polar surface area (TPSA) is 12.0 Å².